The lowest BCUT2D eigenvalue weighted by molar-refractivity contribution is -0.227. The average Bonchev–Trinajstić information content (AvgIpc) is 3.59. The summed E-state index contributed by atoms with van der Waals surface area (Å²) in [6, 6.07) is 11.8. The number of ether oxygens (including phenoxy) is 2. The average molecular weight is 506 g/mol. The fraction of sp³-hybridized carbons (Fsp3) is 0.533. The molecule has 2 aliphatic heterocycles. The van der Waals surface area contributed by atoms with Crippen LogP contribution in [-0.2, 0) is 22.2 Å². The first-order valence-corrected chi connectivity index (χ1v) is 13.7. The van der Waals surface area contributed by atoms with E-state index >= 15 is 0 Å². The van der Waals surface area contributed by atoms with Gasteiger partial charge in [0.25, 0.3) is 0 Å². The molecule has 2 heterocycles. The van der Waals surface area contributed by atoms with E-state index in [2.05, 4.69) is 11.0 Å². The van der Waals surface area contributed by atoms with Crippen molar-refractivity contribution in [1.82, 2.24) is 4.90 Å². The van der Waals surface area contributed by atoms with Gasteiger partial charge in [0.2, 0.25) is 0 Å². The van der Waals surface area contributed by atoms with Gasteiger partial charge in [-0.15, -0.1) is 0 Å². The molecule has 0 radical (unpaired) electrons. The van der Waals surface area contributed by atoms with Crippen molar-refractivity contribution in [1.29, 1.82) is 0 Å². The molecule has 8 rings (SSSR count). The van der Waals surface area contributed by atoms with Gasteiger partial charge in [-0.1, -0.05) is 35.4 Å². The largest absolute Gasteiger partial charge is 0.504 e. The van der Waals surface area contributed by atoms with Gasteiger partial charge in [0, 0.05) is 49.2 Å². The summed E-state index contributed by atoms with van der Waals surface area (Å²) in [6.07, 6.45) is 5.02. The van der Waals surface area contributed by atoms with Crippen LogP contribution in [0.3, 0.4) is 0 Å². The summed E-state index contributed by atoms with van der Waals surface area (Å²) in [5.74, 6) is 1.41. The topological polar surface area (TPSA) is 62.2 Å². The number of nitrogens with zero attached hydrogens (tertiary/aromatic N) is 1. The molecule has 1 saturated heterocycles. The zero-order valence-electron chi connectivity index (χ0n) is 20.8. The standard InChI is InChI=1S/C30H32ClNO4/c1-28(34,18-4-3-5-19(31)13-18)26-20-14-30(26,35-2)27-29-10-11-32(15-16-6-7-16)21(24(20)29)12-17-8-9-22(33)25(36-27)23(17)29/h3-5,8-9,13,16,21,26-27,33-34H,6-7,10-12,14-15H2,1-2H3/t21-,26-,27-,28-,29-,30-/m1/s1. The molecule has 3 fully saturated rings. The number of phenolic OH excluding ortho intramolecular Hbond substituents is 1. The van der Waals surface area contributed by atoms with Gasteiger partial charge in [-0.25, -0.2) is 0 Å². The van der Waals surface area contributed by atoms with E-state index in [1.807, 2.05) is 31.2 Å². The van der Waals surface area contributed by atoms with Crippen molar-refractivity contribution in [2.45, 2.75) is 67.8 Å². The van der Waals surface area contributed by atoms with Crippen LogP contribution in [0.15, 0.2) is 47.5 Å². The minimum absolute atomic E-state index is 0.210. The molecule has 4 bridgehead atoms. The zero-order chi connectivity index (χ0) is 24.6. The minimum Gasteiger partial charge on any atom is -0.504 e. The first-order valence-electron chi connectivity index (χ1n) is 13.3. The highest BCUT2D eigenvalue weighted by Gasteiger charge is 2.78. The van der Waals surface area contributed by atoms with Crippen molar-refractivity contribution in [3.05, 3.63) is 69.3 Å². The number of piperidine rings is 1. The lowest BCUT2D eigenvalue weighted by Gasteiger charge is -2.69. The van der Waals surface area contributed by atoms with E-state index in [0.29, 0.717) is 16.8 Å². The summed E-state index contributed by atoms with van der Waals surface area (Å²) in [5, 5.41) is 23.8. The van der Waals surface area contributed by atoms with Crippen molar-refractivity contribution in [2.75, 3.05) is 20.2 Å². The van der Waals surface area contributed by atoms with Gasteiger partial charge in [-0.2, -0.15) is 0 Å². The van der Waals surface area contributed by atoms with Gasteiger partial charge in [0.1, 0.15) is 11.7 Å². The fourth-order valence-corrected chi connectivity index (χ4v) is 9.10. The second-order valence-corrected chi connectivity index (χ2v) is 12.6. The van der Waals surface area contributed by atoms with Crippen molar-refractivity contribution < 1.29 is 19.7 Å². The first-order chi connectivity index (χ1) is 17.3. The van der Waals surface area contributed by atoms with Crippen LogP contribution in [0.25, 0.3) is 0 Å². The maximum Gasteiger partial charge on any atom is 0.166 e. The molecule has 2 N–H and O–H groups in total. The van der Waals surface area contributed by atoms with E-state index in [1.165, 1.54) is 35.1 Å². The second-order valence-electron chi connectivity index (χ2n) is 12.2. The lowest BCUT2D eigenvalue weighted by atomic mass is 9.40. The Balaban J connectivity index is 1.37. The molecule has 5 nitrogen and oxygen atoms in total. The van der Waals surface area contributed by atoms with Crippen LogP contribution in [-0.4, -0.2) is 53.1 Å². The molecule has 0 aromatic heterocycles. The van der Waals surface area contributed by atoms with Crippen molar-refractivity contribution in [2.24, 2.45) is 11.8 Å². The normalized spacial score (nSPS) is 37.2. The highest BCUT2D eigenvalue weighted by molar-refractivity contribution is 6.30. The maximum absolute atomic E-state index is 12.2. The summed E-state index contributed by atoms with van der Waals surface area (Å²) in [6.45, 7) is 4.08. The smallest absolute Gasteiger partial charge is 0.166 e. The Kier molecular flexibility index (Phi) is 4.20. The van der Waals surface area contributed by atoms with Crippen LogP contribution < -0.4 is 4.74 Å². The Labute approximate surface area is 216 Å². The third kappa shape index (κ3) is 2.44. The van der Waals surface area contributed by atoms with Gasteiger partial charge in [0.05, 0.1) is 11.0 Å². The van der Waals surface area contributed by atoms with Crippen LogP contribution >= 0.6 is 11.6 Å². The number of hydrogen-bond donors (Lipinski definition) is 2. The molecule has 2 aromatic carbocycles. The number of likely N-dealkylation sites (tertiary alicyclic amines) is 1. The maximum atomic E-state index is 12.2. The number of rotatable bonds is 5. The summed E-state index contributed by atoms with van der Waals surface area (Å²) in [4.78, 5) is 2.71. The van der Waals surface area contributed by atoms with Crippen LogP contribution in [0.4, 0.5) is 0 Å². The van der Waals surface area contributed by atoms with Crippen molar-refractivity contribution in [3.8, 4) is 11.5 Å². The molecule has 6 atom stereocenters. The summed E-state index contributed by atoms with van der Waals surface area (Å²) in [7, 11) is 1.76. The summed E-state index contributed by atoms with van der Waals surface area (Å²) < 4.78 is 13.2. The molecule has 4 aliphatic carbocycles. The van der Waals surface area contributed by atoms with E-state index in [0.717, 1.165) is 43.8 Å². The highest BCUT2D eigenvalue weighted by Crippen LogP contribution is 2.73. The molecule has 0 amide bonds. The Morgan fingerprint density at radius 2 is 2.08 bits per heavy atom. The third-order valence-corrected chi connectivity index (χ3v) is 10.7. The summed E-state index contributed by atoms with van der Waals surface area (Å²) >= 11 is 6.37. The Hall–Kier alpha value is -2.05. The molecule has 36 heavy (non-hydrogen) atoms. The van der Waals surface area contributed by atoms with E-state index < -0.39 is 11.2 Å². The van der Waals surface area contributed by atoms with E-state index in [-0.39, 0.29) is 23.2 Å². The Bertz CT molecular complexity index is 1350. The third-order valence-electron chi connectivity index (χ3n) is 10.4. The molecule has 0 unspecified atom stereocenters. The Morgan fingerprint density at radius 3 is 2.83 bits per heavy atom. The lowest BCUT2D eigenvalue weighted by Crippen LogP contribution is -2.77. The molecule has 2 aromatic rings. The first kappa shape index (κ1) is 22.0. The van der Waals surface area contributed by atoms with Crippen molar-refractivity contribution >= 4 is 11.6 Å². The number of aliphatic hydroxyl groups is 1. The molecule has 6 aliphatic rings. The van der Waals surface area contributed by atoms with Gasteiger partial charge >= 0.3 is 0 Å². The Morgan fingerprint density at radius 1 is 1.25 bits per heavy atom. The molecular weight excluding hydrogens is 474 g/mol. The number of benzene rings is 2. The summed E-state index contributed by atoms with van der Waals surface area (Å²) in [5.41, 5.74) is 3.89. The predicted octanol–water partition coefficient (Wildman–Crippen LogP) is 4.71. The molecule has 1 spiro atoms. The number of halogens is 1. The molecule has 2 saturated carbocycles. The van der Waals surface area contributed by atoms with Gasteiger partial charge in [-0.05, 0) is 73.4 Å². The molecule has 6 heteroatoms. The highest BCUT2D eigenvalue weighted by atomic mass is 35.5. The molecular formula is C30H32ClNO4. The van der Waals surface area contributed by atoms with Gasteiger partial charge in [0.15, 0.2) is 11.5 Å². The fourth-order valence-electron chi connectivity index (χ4n) is 8.91. The number of fused-ring (bicyclic) bond motifs is 3. The second kappa shape index (κ2) is 6.87. The van der Waals surface area contributed by atoms with E-state index in [9.17, 15) is 10.2 Å². The predicted molar refractivity (Wildman–Crippen MR) is 137 cm³/mol. The number of methoxy groups -OCH3 is 1. The van der Waals surface area contributed by atoms with Crippen LogP contribution in [0.1, 0.15) is 49.3 Å². The van der Waals surface area contributed by atoms with E-state index in [1.54, 1.807) is 13.2 Å². The van der Waals surface area contributed by atoms with Crippen LogP contribution in [0.2, 0.25) is 5.02 Å². The molecule has 188 valence electrons. The van der Waals surface area contributed by atoms with Gasteiger partial charge in [-0.3, -0.25) is 4.90 Å². The SMILES string of the molecule is CO[C@@]12CC(=C3[C@H]4Cc5ccc(O)c6c5[C@@]3(CCN4CC3CC3)[C@H]1O6)[C@@H]2[C@](C)(O)c1cccc(Cl)c1. The monoisotopic (exact) mass is 505 g/mol. The number of phenols is 1. The van der Waals surface area contributed by atoms with Crippen LogP contribution in [0, 0.1) is 11.8 Å². The minimum atomic E-state index is -1.18. The van der Waals surface area contributed by atoms with Crippen LogP contribution in [0.5, 0.6) is 11.5 Å². The van der Waals surface area contributed by atoms with Gasteiger partial charge < -0.3 is 19.7 Å². The van der Waals surface area contributed by atoms with Crippen molar-refractivity contribution in [3.63, 3.8) is 0 Å². The number of aromatic hydroxyl groups is 1. The zero-order valence-corrected chi connectivity index (χ0v) is 21.5. The number of hydrogen-bond acceptors (Lipinski definition) is 5. The van der Waals surface area contributed by atoms with E-state index in [4.69, 9.17) is 21.1 Å². The quantitative estimate of drug-likeness (QED) is 0.576.